The monoisotopic (exact) mass is 387 g/mol. The molecule has 27 heavy (non-hydrogen) atoms. The van der Waals surface area contributed by atoms with Gasteiger partial charge in [0.2, 0.25) is 0 Å². The molecule has 1 saturated heterocycles. The van der Waals surface area contributed by atoms with Gasteiger partial charge >= 0.3 is 18.2 Å². The summed E-state index contributed by atoms with van der Waals surface area (Å²) in [5.41, 5.74) is -0.999. The number of ether oxygens (including phenoxy) is 1. The van der Waals surface area contributed by atoms with Crippen molar-refractivity contribution in [2.75, 3.05) is 13.1 Å². The lowest BCUT2D eigenvalue weighted by atomic mass is 9.78. The first-order valence-electron chi connectivity index (χ1n) is 8.73. The summed E-state index contributed by atoms with van der Waals surface area (Å²) in [6.07, 6.45) is -4.87. The zero-order valence-electron chi connectivity index (χ0n) is 15.5. The average molecular weight is 387 g/mol. The number of carbonyl (C=O) groups is 2. The van der Waals surface area contributed by atoms with Crippen LogP contribution in [0, 0.1) is 5.92 Å². The molecule has 0 bridgehead atoms. The van der Waals surface area contributed by atoms with E-state index in [1.54, 1.807) is 26.8 Å². The van der Waals surface area contributed by atoms with Gasteiger partial charge in [0.05, 0.1) is 12.0 Å². The number of carbonyl (C=O) groups excluding carboxylic acids is 1. The highest BCUT2D eigenvalue weighted by atomic mass is 19.4. The highest BCUT2D eigenvalue weighted by molar-refractivity contribution is 5.69. The predicted molar refractivity (Wildman–Crippen MR) is 92.4 cm³/mol. The van der Waals surface area contributed by atoms with E-state index in [-0.39, 0.29) is 18.9 Å². The molecule has 2 rings (SSSR count). The van der Waals surface area contributed by atoms with Crippen LogP contribution in [0.4, 0.5) is 18.0 Å². The van der Waals surface area contributed by atoms with Gasteiger partial charge in [-0.1, -0.05) is 18.2 Å². The number of carboxylic acids is 1. The van der Waals surface area contributed by atoms with Crippen LogP contribution in [0.25, 0.3) is 0 Å². The normalized spacial score (nSPS) is 21.0. The lowest BCUT2D eigenvalue weighted by molar-refractivity contribution is -0.139. The third-order valence-corrected chi connectivity index (χ3v) is 4.46. The molecule has 0 saturated carbocycles. The van der Waals surface area contributed by atoms with E-state index in [1.807, 2.05) is 0 Å². The van der Waals surface area contributed by atoms with E-state index < -0.39 is 35.3 Å². The number of rotatable bonds is 3. The molecule has 2 unspecified atom stereocenters. The third kappa shape index (κ3) is 5.87. The number of amides is 1. The number of hydrogen-bond acceptors (Lipinski definition) is 3. The van der Waals surface area contributed by atoms with Crippen molar-refractivity contribution in [2.45, 2.75) is 51.3 Å². The van der Waals surface area contributed by atoms with Crippen LogP contribution in [-0.4, -0.2) is 40.8 Å². The zero-order chi connectivity index (χ0) is 20.4. The zero-order valence-corrected chi connectivity index (χ0v) is 15.5. The summed E-state index contributed by atoms with van der Waals surface area (Å²) in [6, 6.07) is 4.97. The summed E-state index contributed by atoms with van der Waals surface area (Å²) in [6.45, 7) is 5.62. The van der Waals surface area contributed by atoms with Gasteiger partial charge in [0.25, 0.3) is 0 Å². The Bertz CT molecular complexity index is 697. The number of carboxylic acid groups (broad SMARTS) is 1. The number of hydrogen-bond donors (Lipinski definition) is 1. The summed E-state index contributed by atoms with van der Waals surface area (Å²) in [7, 11) is 0. The molecule has 1 fully saturated rings. The molecular formula is C19H24F3NO4. The highest BCUT2D eigenvalue weighted by Crippen LogP contribution is 2.38. The molecule has 5 nitrogen and oxygen atoms in total. The Morgan fingerprint density at radius 1 is 1.26 bits per heavy atom. The van der Waals surface area contributed by atoms with Gasteiger partial charge in [-0.2, -0.15) is 13.2 Å². The molecule has 0 spiro atoms. The quantitative estimate of drug-likeness (QED) is 0.828. The number of likely N-dealkylation sites (tertiary alicyclic amines) is 1. The van der Waals surface area contributed by atoms with Gasteiger partial charge in [0.15, 0.2) is 0 Å². The number of aliphatic carboxylic acids is 1. The van der Waals surface area contributed by atoms with Crippen LogP contribution >= 0.6 is 0 Å². The fourth-order valence-corrected chi connectivity index (χ4v) is 3.34. The maximum atomic E-state index is 13.0. The molecule has 1 aliphatic rings. The van der Waals surface area contributed by atoms with Crippen molar-refractivity contribution < 1.29 is 32.6 Å². The summed E-state index contributed by atoms with van der Waals surface area (Å²) < 4.78 is 44.3. The standard InChI is InChI=1S/C19H24F3NO4/c1-18(2,3)27-17(26)23-8-7-15(13(11-23)10-16(24)25)12-5-4-6-14(9-12)19(20,21)22/h4-6,9,13,15H,7-8,10-11H2,1-3H3,(H,24,25). The molecule has 1 aromatic carbocycles. The smallest absolute Gasteiger partial charge is 0.416 e. The second-order valence-corrected chi connectivity index (χ2v) is 7.80. The first-order chi connectivity index (χ1) is 12.4. The van der Waals surface area contributed by atoms with E-state index in [9.17, 15) is 27.9 Å². The minimum Gasteiger partial charge on any atom is -0.481 e. The Hall–Kier alpha value is -2.25. The first kappa shape index (κ1) is 21.1. The number of halogens is 3. The van der Waals surface area contributed by atoms with Crippen LogP contribution in [0.15, 0.2) is 24.3 Å². The minimum absolute atomic E-state index is 0.127. The van der Waals surface area contributed by atoms with Crippen LogP contribution < -0.4 is 0 Å². The maximum absolute atomic E-state index is 13.0. The van der Waals surface area contributed by atoms with Crippen LogP contribution in [0.1, 0.15) is 50.7 Å². The lowest BCUT2D eigenvalue weighted by Gasteiger charge is -2.39. The van der Waals surface area contributed by atoms with Gasteiger partial charge in [0, 0.05) is 13.1 Å². The second kappa shape index (κ2) is 7.78. The van der Waals surface area contributed by atoms with E-state index in [1.165, 1.54) is 11.0 Å². The Kier molecular flexibility index (Phi) is 6.07. The molecule has 1 heterocycles. The SMILES string of the molecule is CC(C)(C)OC(=O)N1CCC(c2cccc(C(F)(F)F)c2)C(CC(=O)O)C1. The minimum atomic E-state index is -4.46. The molecule has 1 amide bonds. The Morgan fingerprint density at radius 2 is 1.93 bits per heavy atom. The highest BCUT2D eigenvalue weighted by Gasteiger charge is 2.37. The van der Waals surface area contributed by atoms with Gasteiger partial charge in [-0.25, -0.2) is 4.79 Å². The van der Waals surface area contributed by atoms with Crippen molar-refractivity contribution in [3.05, 3.63) is 35.4 Å². The molecule has 1 N–H and O–H groups in total. The van der Waals surface area contributed by atoms with Crippen molar-refractivity contribution in [3.63, 3.8) is 0 Å². The van der Waals surface area contributed by atoms with E-state index in [0.29, 0.717) is 18.5 Å². The third-order valence-electron chi connectivity index (χ3n) is 4.46. The van der Waals surface area contributed by atoms with Crippen LogP contribution in [0.2, 0.25) is 0 Å². The molecule has 150 valence electrons. The Balaban J connectivity index is 2.23. The topological polar surface area (TPSA) is 66.8 Å². The summed E-state index contributed by atoms with van der Waals surface area (Å²) in [5, 5.41) is 9.21. The van der Waals surface area contributed by atoms with Crippen LogP contribution in [0.3, 0.4) is 0 Å². The summed E-state index contributed by atoms with van der Waals surface area (Å²) in [4.78, 5) is 25.0. The van der Waals surface area contributed by atoms with Crippen molar-refractivity contribution in [1.82, 2.24) is 4.90 Å². The van der Waals surface area contributed by atoms with E-state index >= 15 is 0 Å². The van der Waals surface area contributed by atoms with Crippen LogP contribution in [0.5, 0.6) is 0 Å². The van der Waals surface area contributed by atoms with E-state index in [2.05, 4.69) is 0 Å². The maximum Gasteiger partial charge on any atom is 0.416 e. The van der Waals surface area contributed by atoms with Crippen LogP contribution in [-0.2, 0) is 15.7 Å². The largest absolute Gasteiger partial charge is 0.481 e. The number of benzene rings is 1. The predicted octanol–water partition coefficient (Wildman–Crippen LogP) is 4.52. The Morgan fingerprint density at radius 3 is 2.48 bits per heavy atom. The van der Waals surface area contributed by atoms with E-state index in [0.717, 1.165) is 12.1 Å². The van der Waals surface area contributed by atoms with Crippen molar-refractivity contribution >= 4 is 12.1 Å². The summed E-state index contributed by atoms with van der Waals surface area (Å²) in [5.74, 6) is -1.92. The molecule has 1 aromatic rings. The van der Waals surface area contributed by atoms with Crippen molar-refractivity contribution in [2.24, 2.45) is 5.92 Å². The number of alkyl halides is 3. The molecule has 2 atom stereocenters. The first-order valence-corrected chi connectivity index (χ1v) is 8.73. The van der Waals surface area contributed by atoms with Crippen molar-refractivity contribution in [1.29, 1.82) is 0 Å². The fourth-order valence-electron chi connectivity index (χ4n) is 3.34. The van der Waals surface area contributed by atoms with Gasteiger partial charge in [-0.3, -0.25) is 4.79 Å². The molecular weight excluding hydrogens is 363 g/mol. The molecule has 1 aliphatic heterocycles. The van der Waals surface area contributed by atoms with Gasteiger partial charge in [-0.15, -0.1) is 0 Å². The fraction of sp³-hybridized carbons (Fsp3) is 0.579. The number of nitrogens with zero attached hydrogens (tertiary/aromatic N) is 1. The average Bonchev–Trinajstić information content (AvgIpc) is 2.52. The summed E-state index contributed by atoms with van der Waals surface area (Å²) >= 11 is 0. The molecule has 0 radical (unpaired) electrons. The van der Waals surface area contributed by atoms with E-state index in [4.69, 9.17) is 4.74 Å². The number of piperidine rings is 1. The van der Waals surface area contributed by atoms with Crippen molar-refractivity contribution in [3.8, 4) is 0 Å². The van der Waals surface area contributed by atoms with Gasteiger partial charge in [0.1, 0.15) is 5.60 Å². The van der Waals surface area contributed by atoms with Gasteiger partial charge < -0.3 is 14.7 Å². The molecule has 8 heteroatoms. The Labute approximate surface area is 156 Å². The lowest BCUT2D eigenvalue weighted by Crippen LogP contribution is -2.45. The second-order valence-electron chi connectivity index (χ2n) is 7.80. The molecule has 0 aliphatic carbocycles. The molecule has 0 aromatic heterocycles. The van der Waals surface area contributed by atoms with Gasteiger partial charge in [-0.05, 0) is 50.7 Å².